The number of esters is 1. The summed E-state index contributed by atoms with van der Waals surface area (Å²) in [6.45, 7) is 1.84. The number of ether oxygens (including phenoxy) is 2. The summed E-state index contributed by atoms with van der Waals surface area (Å²) in [4.78, 5) is 28.3. The van der Waals surface area contributed by atoms with Crippen molar-refractivity contribution in [3.05, 3.63) is 74.6 Å². The molecule has 0 unspecified atom stereocenters. The van der Waals surface area contributed by atoms with E-state index in [4.69, 9.17) is 9.47 Å². The largest absolute Gasteiger partial charge is 0.482 e. The van der Waals surface area contributed by atoms with Crippen molar-refractivity contribution in [2.45, 2.75) is 20.0 Å². The maximum atomic E-state index is 12.1. The van der Waals surface area contributed by atoms with Gasteiger partial charge in [-0.2, -0.15) is 0 Å². The number of carbonyl (C=O) groups excluding carboxylic acids is 2. The third-order valence-electron chi connectivity index (χ3n) is 3.78. The molecule has 3 rings (SSSR count). The molecule has 6 nitrogen and oxygen atoms in total. The number of thiazole rings is 1. The van der Waals surface area contributed by atoms with Gasteiger partial charge in [-0.3, -0.25) is 4.79 Å². The van der Waals surface area contributed by atoms with Gasteiger partial charge in [-0.25, -0.2) is 9.78 Å². The van der Waals surface area contributed by atoms with Crippen LogP contribution in [-0.2, 0) is 27.4 Å². The molecule has 0 aliphatic rings. The second-order valence-corrected chi connectivity index (χ2v) is 8.09. The van der Waals surface area contributed by atoms with Crippen LogP contribution in [0.15, 0.2) is 58.4 Å². The van der Waals surface area contributed by atoms with E-state index in [1.54, 1.807) is 17.5 Å². The van der Waals surface area contributed by atoms with Crippen molar-refractivity contribution in [1.29, 1.82) is 0 Å². The summed E-state index contributed by atoms with van der Waals surface area (Å²) in [5.41, 5.74) is 2.48. The summed E-state index contributed by atoms with van der Waals surface area (Å²) in [5, 5.41) is 5.27. The Balaban J connectivity index is 1.41. The Kier molecular flexibility index (Phi) is 7.37. The number of hydrogen-bond donors (Lipinski definition) is 1. The molecule has 0 fully saturated rings. The highest BCUT2D eigenvalue weighted by Crippen LogP contribution is 2.18. The molecule has 1 aromatic heterocycles. The number of anilines is 1. The SMILES string of the molecule is Cc1ccc(NC(=O)Cc2nc(COC(=O)COc3cccc(Br)c3)cs2)cc1. The minimum atomic E-state index is -0.489. The molecule has 0 aliphatic heterocycles. The lowest BCUT2D eigenvalue weighted by atomic mass is 10.2. The zero-order valence-corrected chi connectivity index (χ0v) is 18.1. The number of aromatic nitrogens is 1. The number of amides is 1. The molecule has 0 spiro atoms. The highest BCUT2D eigenvalue weighted by atomic mass is 79.9. The molecule has 0 bridgehead atoms. The normalized spacial score (nSPS) is 10.4. The van der Waals surface area contributed by atoms with Crippen LogP contribution < -0.4 is 10.1 Å². The molecule has 0 saturated carbocycles. The Labute approximate surface area is 181 Å². The Morgan fingerprint density at radius 3 is 2.72 bits per heavy atom. The van der Waals surface area contributed by atoms with Crippen LogP contribution in [-0.4, -0.2) is 23.5 Å². The van der Waals surface area contributed by atoms with Crippen LogP contribution in [0.1, 0.15) is 16.3 Å². The molecule has 1 amide bonds. The van der Waals surface area contributed by atoms with Crippen LogP contribution in [0.4, 0.5) is 5.69 Å². The average molecular weight is 475 g/mol. The van der Waals surface area contributed by atoms with Crippen LogP contribution in [0.5, 0.6) is 5.75 Å². The van der Waals surface area contributed by atoms with Gasteiger partial charge in [-0.05, 0) is 37.3 Å². The third kappa shape index (κ3) is 6.99. The third-order valence-corrected chi connectivity index (χ3v) is 5.17. The van der Waals surface area contributed by atoms with E-state index in [0.29, 0.717) is 16.5 Å². The lowest BCUT2D eigenvalue weighted by molar-refractivity contribution is -0.147. The first-order valence-corrected chi connectivity index (χ1v) is 10.5. The van der Waals surface area contributed by atoms with E-state index < -0.39 is 5.97 Å². The average Bonchev–Trinajstić information content (AvgIpc) is 3.14. The van der Waals surface area contributed by atoms with Gasteiger partial charge in [0.25, 0.3) is 0 Å². The number of aryl methyl sites for hydroxylation is 1. The van der Waals surface area contributed by atoms with Crippen LogP contribution in [0.25, 0.3) is 0 Å². The van der Waals surface area contributed by atoms with E-state index >= 15 is 0 Å². The maximum absolute atomic E-state index is 12.1. The van der Waals surface area contributed by atoms with Crippen LogP contribution in [0.2, 0.25) is 0 Å². The molecule has 1 N–H and O–H groups in total. The van der Waals surface area contributed by atoms with Crippen molar-refractivity contribution in [1.82, 2.24) is 4.98 Å². The first-order valence-electron chi connectivity index (χ1n) is 8.82. The predicted molar refractivity (Wildman–Crippen MR) is 115 cm³/mol. The number of halogens is 1. The summed E-state index contributed by atoms with van der Waals surface area (Å²) in [5.74, 6) is -0.0577. The van der Waals surface area contributed by atoms with E-state index in [-0.39, 0.29) is 25.5 Å². The molecule has 2 aromatic carbocycles. The molecule has 0 atom stereocenters. The number of carbonyl (C=O) groups is 2. The van der Waals surface area contributed by atoms with Gasteiger partial charge in [0.1, 0.15) is 17.4 Å². The number of nitrogens with zero attached hydrogens (tertiary/aromatic N) is 1. The maximum Gasteiger partial charge on any atom is 0.344 e. The summed E-state index contributed by atoms with van der Waals surface area (Å²) < 4.78 is 11.4. The molecule has 0 radical (unpaired) electrons. The minimum Gasteiger partial charge on any atom is -0.482 e. The van der Waals surface area contributed by atoms with E-state index in [1.807, 2.05) is 43.3 Å². The van der Waals surface area contributed by atoms with Crippen molar-refractivity contribution in [3.63, 3.8) is 0 Å². The highest BCUT2D eigenvalue weighted by Gasteiger charge is 2.11. The number of benzene rings is 2. The van der Waals surface area contributed by atoms with Crippen molar-refractivity contribution >= 4 is 44.8 Å². The second-order valence-electron chi connectivity index (χ2n) is 6.23. The van der Waals surface area contributed by atoms with Gasteiger partial charge < -0.3 is 14.8 Å². The number of nitrogens with one attached hydrogen (secondary N) is 1. The lowest BCUT2D eigenvalue weighted by Gasteiger charge is -2.06. The molecule has 8 heteroatoms. The Morgan fingerprint density at radius 2 is 1.97 bits per heavy atom. The number of hydrogen-bond acceptors (Lipinski definition) is 6. The van der Waals surface area contributed by atoms with Crippen molar-refractivity contribution in [2.75, 3.05) is 11.9 Å². The monoisotopic (exact) mass is 474 g/mol. The molecule has 150 valence electrons. The zero-order valence-electron chi connectivity index (χ0n) is 15.7. The first-order chi connectivity index (χ1) is 14.0. The Hall–Kier alpha value is -2.71. The van der Waals surface area contributed by atoms with Gasteiger partial charge in [0.15, 0.2) is 6.61 Å². The minimum absolute atomic E-state index is 0.0385. The van der Waals surface area contributed by atoms with Crippen molar-refractivity contribution < 1.29 is 19.1 Å². The zero-order chi connectivity index (χ0) is 20.6. The Bertz CT molecular complexity index is 988. The second kappa shape index (κ2) is 10.2. The quantitative estimate of drug-likeness (QED) is 0.485. The van der Waals surface area contributed by atoms with E-state index in [9.17, 15) is 9.59 Å². The summed E-state index contributed by atoms with van der Waals surface area (Å²) >= 11 is 4.69. The predicted octanol–water partition coefficient (Wildman–Crippen LogP) is 4.52. The van der Waals surface area contributed by atoms with Gasteiger partial charge in [0.2, 0.25) is 5.91 Å². The molecule has 29 heavy (non-hydrogen) atoms. The van der Waals surface area contributed by atoms with E-state index in [2.05, 4.69) is 26.2 Å². The smallest absolute Gasteiger partial charge is 0.344 e. The standard InChI is InChI=1S/C21H19BrN2O4S/c1-14-5-7-16(8-6-14)23-19(25)10-20-24-17(13-29-20)11-28-21(26)12-27-18-4-2-3-15(22)9-18/h2-9,13H,10-12H2,1H3,(H,23,25). The van der Waals surface area contributed by atoms with Gasteiger partial charge in [-0.15, -0.1) is 11.3 Å². The van der Waals surface area contributed by atoms with Gasteiger partial charge in [0.05, 0.1) is 12.1 Å². The lowest BCUT2D eigenvalue weighted by Crippen LogP contribution is -2.15. The summed E-state index contributed by atoms with van der Waals surface area (Å²) in [6.07, 6.45) is 0.165. The topological polar surface area (TPSA) is 77.5 Å². The van der Waals surface area contributed by atoms with E-state index in [1.165, 1.54) is 11.3 Å². The van der Waals surface area contributed by atoms with E-state index in [0.717, 1.165) is 15.7 Å². The molecule has 3 aromatic rings. The van der Waals surface area contributed by atoms with Gasteiger partial charge >= 0.3 is 5.97 Å². The van der Waals surface area contributed by atoms with Crippen molar-refractivity contribution in [3.8, 4) is 5.75 Å². The van der Waals surface area contributed by atoms with Crippen molar-refractivity contribution in [2.24, 2.45) is 0 Å². The fraction of sp³-hybridized carbons (Fsp3) is 0.190. The molecule has 1 heterocycles. The molecule has 0 aliphatic carbocycles. The summed E-state index contributed by atoms with van der Waals surface area (Å²) in [7, 11) is 0. The fourth-order valence-electron chi connectivity index (χ4n) is 2.37. The fourth-order valence-corrected chi connectivity index (χ4v) is 3.53. The van der Waals surface area contributed by atoms with Crippen LogP contribution >= 0.6 is 27.3 Å². The molecular weight excluding hydrogens is 456 g/mol. The van der Waals surface area contributed by atoms with Gasteiger partial charge in [-0.1, -0.05) is 39.7 Å². The number of rotatable bonds is 8. The van der Waals surface area contributed by atoms with Crippen LogP contribution in [0, 0.1) is 6.92 Å². The summed E-state index contributed by atoms with van der Waals surface area (Å²) in [6, 6.07) is 14.8. The molecular formula is C21H19BrN2O4S. The Morgan fingerprint density at radius 1 is 1.17 bits per heavy atom. The molecule has 0 saturated heterocycles. The first kappa shape index (κ1) is 21.0. The van der Waals surface area contributed by atoms with Gasteiger partial charge in [0, 0.05) is 15.5 Å². The van der Waals surface area contributed by atoms with Crippen LogP contribution in [0.3, 0.4) is 0 Å². The highest BCUT2D eigenvalue weighted by molar-refractivity contribution is 9.10.